The molecule has 1 saturated heterocycles. The molecular formula is C16H21FN4O. The maximum atomic E-state index is 13.2. The van der Waals surface area contributed by atoms with Crippen LogP contribution in [0.5, 0.6) is 0 Å². The molecule has 2 aromatic rings. The van der Waals surface area contributed by atoms with Gasteiger partial charge in [0.15, 0.2) is 0 Å². The van der Waals surface area contributed by atoms with E-state index in [0.29, 0.717) is 23.7 Å². The molecule has 0 radical (unpaired) electrons. The maximum Gasteiger partial charge on any atom is 0.267 e. The van der Waals surface area contributed by atoms with Crippen LogP contribution in [0, 0.1) is 5.82 Å². The summed E-state index contributed by atoms with van der Waals surface area (Å²) in [5, 5.41) is 3.67. The van der Waals surface area contributed by atoms with E-state index in [4.69, 9.17) is 0 Å². The summed E-state index contributed by atoms with van der Waals surface area (Å²) < 4.78 is 13.2. The molecule has 1 aromatic carbocycles. The highest BCUT2D eigenvalue weighted by Crippen LogP contribution is 2.16. The van der Waals surface area contributed by atoms with Crippen molar-refractivity contribution in [3.05, 3.63) is 35.8 Å². The second-order valence-corrected chi connectivity index (χ2v) is 6.02. The van der Waals surface area contributed by atoms with Gasteiger partial charge in [-0.3, -0.25) is 9.69 Å². The second kappa shape index (κ2) is 6.06. The average molecular weight is 304 g/mol. The predicted octanol–water partition coefficient (Wildman–Crippen LogP) is 1.28. The monoisotopic (exact) mass is 304 g/mol. The number of aromatic nitrogens is 1. The normalized spacial score (nSPS) is 20.4. The molecule has 1 aromatic heterocycles. The Kier molecular flexibility index (Phi) is 4.13. The van der Waals surface area contributed by atoms with E-state index in [1.165, 1.54) is 12.1 Å². The molecule has 2 N–H and O–H groups in total. The molecular weight excluding hydrogens is 283 g/mol. The topological polar surface area (TPSA) is 51.4 Å². The molecule has 1 atom stereocenters. The summed E-state index contributed by atoms with van der Waals surface area (Å²) in [6.45, 7) is 3.59. The van der Waals surface area contributed by atoms with Crippen molar-refractivity contribution in [3.8, 4) is 0 Å². The van der Waals surface area contributed by atoms with Gasteiger partial charge in [-0.15, -0.1) is 0 Å². The first kappa shape index (κ1) is 15.0. The lowest BCUT2D eigenvalue weighted by Crippen LogP contribution is -2.54. The number of H-pyrrole nitrogens is 1. The molecule has 1 amide bonds. The molecule has 1 unspecified atom stereocenters. The fourth-order valence-corrected chi connectivity index (χ4v) is 2.85. The van der Waals surface area contributed by atoms with E-state index in [9.17, 15) is 9.18 Å². The third-order valence-corrected chi connectivity index (χ3v) is 4.31. The zero-order valence-electron chi connectivity index (χ0n) is 12.9. The summed E-state index contributed by atoms with van der Waals surface area (Å²) in [5.41, 5.74) is 1.23. The number of piperazine rings is 1. The number of carbonyl (C=O) groups is 1. The molecule has 1 aliphatic rings. The SMILES string of the molecule is CN1CCN(C)C(CNC(=O)c2cc3cc(F)ccc3[nH]2)C1. The van der Waals surface area contributed by atoms with E-state index in [2.05, 4.69) is 34.2 Å². The van der Waals surface area contributed by atoms with Gasteiger partial charge in [0.2, 0.25) is 0 Å². The van der Waals surface area contributed by atoms with Gasteiger partial charge in [-0.25, -0.2) is 4.39 Å². The van der Waals surface area contributed by atoms with E-state index < -0.39 is 0 Å². The van der Waals surface area contributed by atoms with Gasteiger partial charge in [-0.05, 0) is 38.4 Å². The van der Waals surface area contributed by atoms with Gasteiger partial charge in [-0.2, -0.15) is 0 Å². The van der Waals surface area contributed by atoms with Gasteiger partial charge in [0.1, 0.15) is 11.5 Å². The van der Waals surface area contributed by atoms with Gasteiger partial charge in [-0.1, -0.05) is 0 Å². The number of nitrogens with one attached hydrogen (secondary N) is 2. The molecule has 3 rings (SSSR count). The van der Waals surface area contributed by atoms with Crippen LogP contribution in [-0.2, 0) is 0 Å². The Morgan fingerprint density at radius 3 is 3.00 bits per heavy atom. The summed E-state index contributed by atoms with van der Waals surface area (Å²) in [6, 6.07) is 6.44. The third-order valence-electron chi connectivity index (χ3n) is 4.31. The molecule has 1 fully saturated rings. The largest absolute Gasteiger partial charge is 0.351 e. The lowest BCUT2D eigenvalue weighted by Gasteiger charge is -2.37. The number of fused-ring (bicyclic) bond motifs is 1. The summed E-state index contributed by atoms with van der Waals surface area (Å²) in [7, 11) is 4.17. The van der Waals surface area contributed by atoms with Crippen LogP contribution in [-0.4, -0.2) is 67.0 Å². The van der Waals surface area contributed by atoms with Crippen LogP contribution in [0.2, 0.25) is 0 Å². The second-order valence-electron chi connectivity index (χ2n) is 6.02. The minimum absolute atomic E-state index is 0.154. The highest BCUT2D eigenvalue weighted by molar-refractivity contribution is 5.98. The van der Waals surface area contributed by atoms with Crippen LogP contribution in [0.25, 0.3) is 10.9 Å². The number of benzene rings is 1. The maximum absolute atomic E-state index is 13.2. The number of amides is 1. The standard InChI is InChI=1S/C16H21FN4O/c1-20-5-6-21(2)13(10-20)9-18-16(22)15-8-11-7-12(17)3-4-14(11)19-15/h3-4,7-8,13,19H,5-6,9-10H2,1-2H3,(H,18,22). The van der Waals surface area contributed by atoms with Crippen LogP contribution in [0.15, 0.2) is 24.3 Å². The Labute approximate surface area is 129 Å². The van der Waals surface area contributed by atoms with Crippen molar-refractivity contribution >= 4 is 16.8 Å². The van der Waals surface area contributed by atoms with Crippen LogP contribution < -0.4 is 5.32 Å². The fourth-order valence-electron chi connectivity index (χ4n) is 2.85. The minimum atomic E-state index is -0.301. The molecule has 0 saturated carbocycles. The summed E-state index contributed by atoms with van der Waals surface area (Å²) in [4.78, 5) is 19.8. The van der Waals surface area contributed by atoms with Crippen molar-refractivity contribution in [2.75, 3.05) is 40.3 Å². The van der Waals surface area contributed by atoms with Crippen molar-refractivity contribution in [2.24, 2.45) is 0 Å². The van der Waals surface area contributed by atoms with Crippen molar-refractivity contribution in [3.63, 3.8) is 0 Å². The molecule has 1 aliphatic heterocycles. The van der Waals surface area contributed by atoms with E-state index in [1.54, 1.807) is 12.1 Å². The highest BCUT2D eigenvalue weighted by atomic mass is 19.1. The average Bonchev–Trinajstić information content (AvgIpc) is 2.91. The quantitative estimate of drug-likeness (QED) is 0.898. The zero-order chi connectivity index (χ0) is 15.7. The molecule has 0 bridgehead atoms. The van der Waals surface area contributed by atoms with Crippen molar-refractivity contribution in [1.29, 1.82) is 0 Å². The number of carbonyl (C=O) groups excluding carboxylic acids is 1. The Bertz CT molecular complexity index is 684. The van der Waals surface area contributed by atoms with E-state index in [0.717, 1.165) is 25.2 Å². The van der Waals surface area contributed by atoms with E-state index in [1.807, 2.05) is 0 Å². The molecule has 6 heteroatoms. The van der Waals surface area contributed by atoms with Crippen LogP contribution in [0.1, 0.15) is 10.5 Å². The summed E-state index contributed by atoms with van der Waals surface area (Å²) in [5.74, 6) is -0.455. The molecule has 22 heavy (non-hydrogen) atoms. The Hall–Kier alpha value is -1.92. The number of nitrogens with zero attached hydrogens (tertiary/aromatic N) is 2. The smallest absolute Gasteiger partial charge is 0.267 e. The molecule has 118 valence electrons. The third kappa shape index (κ3) is 3.13. The molecule has 0 spiro atoms. The van der Waals surface area contributed by atoms with Crippen LogP contribution in [0.3, 0.4) is 0 Å². The van der Waals surface area contributed by atoms with Gasteiger partial charge < -0.3 is 15.2 Å². The van der Waals surface area contributed by atoms with Crippen molar-refractivity contribution in [1.82, 2.24) is 20.1 Å². The molecule has 0 aliphatic carbocycles. The number of hydrogen-bond acceptors (Lipinski definition) is 3. The predicted molar refractivity (Wildman–Crippen MR) is 84.5 cm³/mol. The Balaban J connectivity index is 1.65. The van der Waals surface area contributed by atoms with Crippen LogP contribution >= 0.6 is 0 Å². The molecule has 5 nitrogen and oxygen atoms in total. The highest BCUT2D eigenvalue weighted by Gasteiger charge is 2.22. The minimum Gasteiger partial charge on any atom is -0.351 e. The van der Waals surface area contributed by atoms with Gasteiger partial charge in [0, 0.05) is 43.1 Å². The first-order valence-corrected chi connectivity index (χ1v) is 7.48. The van der Waals surface area contributed by atoms with Crippen molar-refractivity contribution < 1.29 is 9.18 Å². The Morgan fingerprint density at radius 1 is 1.36 bits per heavy atom. The first-order valence-electron chi connectivity index (χ1n) is 7.48. The number of aromatic amines is 1. The van der Waals surface area contributed by atoms with Crippen molar-refractivity contribution in [2.45, 2.75) is 6.04 Å². The van der Waals surface area contributed by atoms with E-state index in [-0.39, 0.29) is 11.7 Å². The lowest BCUT2D eigenvalue weighted by atomic mass is 10.2. The number of likely N-dealkylation sites (N-methyl/N-ethyl adjacent to an activating group) is 2. The number of rotatable bonds is 3. The van der Waals surface area contributed by atoms with Crippen LogP contribution in [0.4, 0.5) is 4.39 Å². The number of halogens is 1. The molecule has 2 heterocycles. The zero-order valence-corrected chi connectivity index (χ0v) is 12.9. The van der Waals surface area contributed by atoms with Gasteiger partial charge in [0.05, 0.1) is 0 Å². The summed E-state index contributed by atoms with van der Waals surface area (Å²) >= 11 is 0. The van der Waals surface area contributed by atoms with Gasteiger partial charge >= 0.3 is 0 Å². The first-order chi connectivity index (χ1) is 10.5. The number of hydrogen-bond donors (Lipinski definition) is 2. The lowest BCUT2D eigenvalue weighted by molar-refractivity contribution is 0.0877. The van der Waals surface area contributed by atoms with Gasteiger partial charge in [0.25, 0.3) is 5.91 Å². The fraction of sp³-hybridized carbons (Fsp3) is 0.438. The Morgan fingerprint density at radius 2 is 2.18 bits per heavy atom. The summed E-state index contributed by atoms with van der Waals surface area (Å²) in [6.07, 6.45) is 0. The van der Waals surface area contributed by atoms with E-state index >= 15 is 0 Å².